The summed E-state index contributed by atoms with van der Waals surface area (Å²) in [6.45, 7) is 0. The molecule has 1 atom stereocenters. The van der Waals surface area contributed by atoms with Gasteiger partial charge in [0.2, 0.25) is 5.91 Å². The molecule has 0 aromatic carbocycles. The van der Waals surface area contributed by atoms with Crippen molar-refractivity contribution in [3.8, 4) is 0 Å². The molecule has 26 heavy (non-hydrogen) atoms. The monoisotopic (exact) mass is 358 g/mol. The van der Waals surface area contributed by atoms with Crippen molar-refractivity contribution in [2.45, 2.75) is 76.7 Å². The van der Waals surface area contributed by atoms with Crippen LogP contribution in [0.15, 0.2) is 24.4 Å². The van der Waals surface area contributed by atoms with Crippen molar-refractivity contribution in [1.29, 1.82) is 0 Å². The molecule has 2 saturated carbocycles. The first kappa shape index (κ1) is 18.9. The number of hydrogen-bond donors (Lipinski definition) is 2. The van der Waals surface area contributed by atoms with Gasteiger partial charge in [-0.2, -0.15) is 0 Å². The van der Waals surface area contributed by atoms with E-state index in [0.717, 1.165) is 44.2 Å². The standard InChI is InChI=1S/C21H30N2O3/c24-18(15-21(20(25)26)12-6-1-2-7-13-21)23-19(16-9-3-4-10-16)17-11-5-8-14-22-17/h5,8,11,14,16,19H,1-4,6-7,9-10,12-13,15H2,(H,23,24)(H,25,26)/t19-/m1/s1. The number of carboxylic acid groups (broad SMARTS) is 1. The van der Waals surface area contributed by atoms with Gasteiger partial charge in [0, 0.05) is 12.6 Å². The van der Waals surface area contributed by atoms with Crippen LogP contribution in [0.5, 0.6) is 0 Å². The van der Waals surface area contributed by atoms with Crippen LogP contribution in [0.3, 0.4) is 0 Å². The Morgan fingerprint density at radius 3 is 2.38 bits per heavy atom. The maximum Gasteiger partial charge on any atom is 0.310 e. The second-order valence-electron chi connectivity index (χ2n) is 8.02. The smallest absolute Gasteiger partial charge is 0.310 e. The van der Waals surface area contributed by atoms with Crippen LogP contribution in [0.1, 0.15) is 82.4 Å². The quantitative estimate of drug-likeness (QED) is 0.745. The minimum Gasteiger partial charge on any atom is -0.481 e. The van der Waals surface area contributed by atoms with Crippen LogP contribution >= 0.6 is 0 Å². The Morgan fingerprint density at radius 1 is 1.12 bits per heavy atom. The molecule has 2 N–H and O–H groups in total. The molecule has 5 heteroatoms. The predicted octanol–water partition coefficient (Wildman–Crippen LogP) is 4.24. The Balaban J connectivity index is 1.73. The van der Waals surface area contributed by atoms with E-state index in [1.807, 2.05) is 18.2 Å². The molecule has 5 nitrogen and oxygen atoms in total. The first-order chi connectivity index (χ1) is 12.6. The molecule has 0 saturated heterocycles. The summed E-state index contributed by atoms with van der Waals surface area (Å²) in [6, 6.07) is 5.67. The number of aliphatic carboxylic acids is 1. The molecule has 0 aliphatic heterocycles. The highest BCUT2D eigenvalue weighted by Crippen LogP contribution is 2.40. The lowest BCUT2D eigenvalue weighted by molar-refractivity contribution is -0.153. The lowest BCUT2D eigenvalue weighted by Gasteiger charge is -2.30. The van der Waals surface area contributed by atoms with E-state index in [9.17, 15) is 14.7 Å². The number of nitrogens with zero attached hydrogens (tertiary/aromatic N) is 1. The Hall–Kier alpha value is -1.91. The minimum atomic E-state index is -0.898. The third-order valence-electron chi connectivity index (χ3n) is 6.21. The molecule has 1 heterocycles. The number of aromatic nitrogens is 1. The third kappa shape index (κ3) is 4.43. The van der Waals surface area contributed by atoms with Crippen LogP contribution in [-0.2, 0) is 9.59 Å². The van der Waals surface area contributed by atoms with Gasteiger partial charge in [0.25, 0.3) is 0 Å². The average Bonchev–Trinajstić information content (AvgIpc) is 3.06. The van der Waals surface area contributed by atoms with Crippen LogP contribution in [0, 0.1) is 11.3 Å². The highest BCUT2D eigenvalue weighted by atomic mass is 16.4. The minimum absolute atomic E-state index is 0.0817. The van der Waals surface area contributed by atoms with E-state index in [0.29, 0.717) is 18.8 Å². The Labute approximate surface area is 155 Å². The molecule has 0 radical (unpaired) electrons. The summed E-state index contributed by atoms with van der Waals surface area (Å²) < 4.78 is 0. The van der Waals surface area contributed by atoms with Crippen molar-refractivity contribution in [2.24, 2.45) is 11.3 Å². The van der Waals surface area contributed by atoms with Gasteiger partial charge >= 0.3 is 5.97 Å². The Bertz CT molecular complexity index is 603. The van der Waals surface area contributed by atoms with Crippen molar-refractivity contribution in [3.63, 3.8) is 0 Å². The van der Waals surface area contributed by atoms with Crippen LogP contribution in [0.4, 0.5) is 0 Å². The van der Waals surface area contributed by atoms with Crippen LogP contribution in [-0.4, -0.2) is 22.0 Å². The fraction of sp³-hybridized carbons (Fsp3) is 0.667. The van der Waals surface area contributed by atoms with Gasteiger partial charge in [-0.05, 0) is 43.7 Å². The Morgan fingerprint density at radius 2 is 1.81 bits per heavy atom. The number of carbonyl (C=O) groups excluding carboxylic acids is 1. The topological polar surface area (TPSA) is 79.3 Å². The van der Waals surface area contributed by atoms with E-state index in [4.69, 9.17) is 0 Å². The SMILES string of the molecule is O=C(CC1(C(=O)O)CCCCCC1)N[C@@H](c1ccccn1)C1CCCC1. The van der Waals surface area contributed by atoms with Gasteiger partial charge in [0.1, 0.15) is 0 Å². The van der Waals surface area contributed by atoms with Gasteiger partial charge in [0.15, 0.2) is 0 Å². The summed E-state index contributed by atoms with van der Waals surface area (Å²) in [5.41, 5.74) is -0.0109. The van der Waals surface area contributed by atoms with Crippen molar-refractivity contribution in [2.75, 3.05) is 0 Å². The van der Waals surface area contributed by atoms with Gasteiger partial charge in [-0.15, -0.1) is 0 Å². The summed E-state index contributed by atoms with van der Waals surface area (Å²) in [5, 5.41) is 13.0. The van der Waals surface area contributed by atoms with E-state index >= 15 is 0 Å². The lowest BCUT2D eigenvalue weighted by atomic mass is 9.77. The van der Waals surface area contributed by atoms with Crippen molar-refractivity contribution in [1.82, 2.24) is 10.3 Å². The van der Waals surface area contributed by atoms with E-state index in [2.05, 4.69) is 10.3 Å². The van der Waals surface area contributed by atoms with Crippen molar-refractivity contribution < 1.29 is 14.7 Å². The fourth-order valence-electron chi connectivity index (χ4n) is 4.69. The van der Waals surface area contributed by atoms with Gasteiger partial charge in [-0.3, -0.25) is 14.6 Å². The zero-order chi connectivity index (χ0) is 18.4. The summed E-state index contributed by atoms with van der Waals surface area (Å²) >= 11 is 0. The summed E-state index contributed by atoms with van der Waals surface area (Å²) in [6.07, 6.45) is 11.5. The highest BCUT2D eigenvalue weighted by molar-refractivity contribution is 5.85. The van der Waals surface area contributed by atoms with E-state index in [1.165, 1.54) is 12.8 Å². The molecular weight excluding hydrogens is 328 g/mol. The number of amides is 1. The van der Waals surface area contributed by atoms with E-state index in [1.54, 1.807) is 6.20 Å². The number of carbonyl (C=O) groups is 2. The fourth-order valence-corrected chi connectivity index (χ4v) is 4.69. The summed E-state index contributed by atoms with van der Waals surface area (Å²) in [5.74, 6) is -0.564. The highest BCUT2D eigenvalue weighted by Gasteiger charge is 2.41. The number of hydrogen-bond acceptors (Lipinski definition) is 3. The normalized spacial score (nSPS) is 21.7. The maximum atomic E-state index is 12.9. The molecule has 0 spiro atoms. The molecule has 142 valence electrons. The van der Waals surface area contributed by atoms with Crippen LogP contribution < -0.4 is 5.32 Å². The number of nitrogens with one attached hydrogen (secondary N) is 1. The molecule has 2 aliphatic carbocycles. The number of carboxylic acids is 1. The summed E-state index contributed by atoms with van der Waals surface area (Å²) in [7, 11) is 0. The number of rotatable bonds is 6. The van der Waals surface area contributed by atoms with E-state index in [-0.39, 0.29) is 18.4 Å². The first-order valence-corrected chi connectivity index (χ1v) is 10.0. The molecule has 1 aromatic rings. The second kappa shape index (κ2) is 8.65. The largest absolute Gasteiger partial charge is 0.481 e. The van der Waals surface area contributed by atoms with Crippen molar-refractivity contribution >= 4 is 11.9 Å². The first-order valence-electron chi connectivity index (χ1n) is 10.0. The molecule has 0 unspecified atom stereocenters. The molecule has 0 bridgehead atoms. The zero-order valence-corrected chi connectivity index (χ0v) is 15.5. The van der Waals surface area contributed by atoms with Gasteiger partial charge < -0.3 is 10.4 Å². The molecule has 1 aromatic heterocycles. The van der Waals surface area contributed by atoms with Gasteiger partial charge in [0.05, 0.1) is 17.2 Å². The predicted molar refractivity (Wildman–Crippen MR) is 99.5 cm³/mol. The molecule has 3 rings (SSSR count). The Kier molecular flexibility index (Phi) is 6.28. The third-order valence-corrected chi connectivity index (χ3v) is 6.21. The van der Waals surface area contributed by atoms with Crippen LogP contribution in [0.25, 0.3) is 0 Å². The number of pyridine rings is 1. The van der Waals surface area contributed by atoms with Crippen LogP contribution in [0.2, 0.25) is 0 Å². The lowest BCUT2D eigenvalue weighted by Crippen LogP contribution is -2.40. The maximum absolute atomic E-state index is 12.9. The molecular formula is C21H30N2O3. The molecule has 2 fully saturated rings. The van der Waals surface area contributed by atoms with Crippen molar-refractivity contribution in [3.05, 3.63) is 30.1 Å². The van der Waals surface area contributed by atoms with E-state index < -0.39 is 11.4 Å². The molecule has 1 amide bonds. The van der Waals surface area contributed by atoms with Gasteiger partial charge in [-0.1, -0.05) is 44.6 Å². The average molecular weight is 358 g/mol. The molecule has 2 aliphatic rings. The second-order valence-corrected chi connectivity index (χ2v) is 8.02. The summed E-state index contributed by atoms with van der Waals surface area (Å²) in [4.78, 5) is 29.3. The van der Waals surface area contributed by atoms with Gasteiger partial charge in [-0.25, -0.2) is 0 Å². The zero-order valence-electron chi connectivity index (χ0n) is 15.5.